The van der Waals surface area contributed by atoms with Crippen LogP contribution in [0.1, 0.15) is 35.1 Å². The van der Waals surface area contributed by atoms with Gasteiger partial charge in [0.15, 0.2) is 0 Å². The van der Waals surface area contributed by atoms with E-state index in [1.165, 1.54) is 7.11 Å². The Labute approximate surface area is 139 Å². The molecule has 0 saturated carbocycles. The highest BCUT2D eigenvalue weighted by Crippen LogP contribution is 2.24. The number of nitrogens with zero attached hydrogens (tertiary/aromatic N) is 3. The lowest BCUT2D eigenvalue weighted by atomic mass is 9.96. The molecule has 1 aliphatic rings. The quantitative estimate of drug-likeness (QED) is 0.855. The molecule has 0 aromatic carbocycles. The predicted molar refractivity (Wildman–Crippen MR) is 85.4 cm³/mol. The maximum atomic E-state index is 12.6. The number of ether oxygens (including phenoxy) is 1. The number of methoxy groups -OCH3 is 1. The van der Waals surface area contributed by atoms with Crippen LogP contribution in [0.3, 0.4) is 0 Å². The number of imidazole rings is 1. The molecule has 0 aliphatic carbocycles. The van der Waals surface area contributed by atoms with Gasteiger partial charge >= 0.3 is 0 Å². The monoisotopic (exact) mass is 329 g/mol. The first-order valence-electron chi connectivity index (χ1n) is 7.66. The number of aryl methyl sites for hydroxylation is 1. The lowest BCUT2D eigenvalue weighted by molar-refractivity contribution is -0.124. The first kappa shape index (κ1) is 16.0. The normalized spacial score (nSPS) is 20.3. The number of amides is 2. The van der Waals surface area contributed by atoms with E-state index in [9.17, 15) is 9.59 Å². The van der Waals surface area contributed by atoms with Gasteiger partial charge in [0.05, 0.1) is 13.2 Å². The molecule has 0 unspecified atom stereocenters. The maximum absolute atomic E-state index is 12.6. The van der Waals surface area contributed by atoms with Crippen molar-refractivity contribution in [3.8, 4) is 5.88 Å². The predicted octanol–water partition coefficient (Wildman–Crippen LogP) is 0.573. The summed E-state index contributed by atoms with van der Waals surface area (Å²) in [5.41, 5.74) is 0.357. The summed E-state index contributed by atoms with van der Waals surface area (Å²) in [5, 5.41) is 5.88. The van der Waals surface area contributed by atoms with Gasteiger partial charge in [0.1, 0.15) is 17.4 Å². The zero-order valence-electron chi connectivity index (χ0n) is 13.5. The molecule has 1 aliphatic heterocycles. The summed E-state index contributed by atoms with van der Waals surface area (Å²) in [6.45, 7) is 0. The molecule has 2 amide bonds. The van der Waals surface area contributed by atoms with Crippen LogP contribution in [0.5, 0.6) is 5.88 Å². The van der Waals surface area contributed by atoms with E-state index >= 15 is 0 Å². The number of nitrogens with one attached hydrogen (secondary N) is 2. The number of aromatic nitrogens is 3. The van der Waals surface area contributed by atoms with Crippen molar-refractivity contribution in [2.24, 2.45) is 7.05 Å². The van der Waals surface area contributed by atoms with Crippen molar-refractivity contribution in [2.45, 2.75) is 24.9 Å². The molecule has 0 bridgehead atoms. The lowest BCUT2D eigenvalue weighted by Gasteiger charge is -2.32. The van der Waals surface area contributed by atoms with E-state index in [1.54, 1.807) is 30.7 Å². The lowest BCUT2D eigenvalue weighted by Crippen LogP contribution is -2.50. The molecular weight excluding hydrogens is 310 g/mol. The van der Waals surface area contributed by atoms with Gasteiger partial charge in [-0.1, -0.05) is 0 Å². The first-order valence-corrected chi connectivity index (χ1v) is 7.66. The van der Waals surface area contributed by atoms with Crippen molar-refractivity contribution in [3.63, 3.8) is 0 Å². The Kier molecular flexibility index (Phi) is 4.45. The Balaban J connectivity index is 1.83. The van der Waals surface area contributed by atoms with Gasteiger partial charge in [-0.2, -0.15) is 0 Å². The van der Waals surface area contributed by atoms with E-state index in [2.05, 4.69) is 20.6 Å². The van der Waals surface area contributed by atoms with Gasteiger partial charge in [0.2, 0.25) is 11.8 Å². The molecule has 8 heteroatoms. The van der Waals surface area contributed by atoms with Gasteiger partial charge < -0.3 is 19.9 Å². The number of rotatable bonds is 4. The van der Waals surface area contributed by atoms with Gasteiger partial charge in [-0.3, -0.25) is 9.59 Å². The summed E-state index contributed by atoms with van der Waals surface area (Å²) in [5.74, 6) is 0.627. The SMILES string of the molecule is COc1ncccc1C(=O)N[C@@H]1CCC(=O)N[C@H]1c1nccn1C. The average Bonchev–Trinajstić information content (AvgIpc) is 3.02. The fourth-order valence-electron chi connectivity index (χ4n) is 2.85. The number of piperidine rings is 1. The molecule has 24 heavy (non-hydrogen) atoms. The van der Waals surface area contributed by atoms with E-state index in [-0.39, 0.29) is 29.8 Å². The molecule has 3 heterocycles. The smallest absolute Gasteiger partial charge is 0.257 e. The second-order valence-electron chi connectivity index (χ2n) is 5.62. The Morgan fingerprint density at radius 3 is 2.96 bits per heavy atom. The third-order valence-corrected chi connectivity index (χ3v) is 4.06. The molecule has 8 nitrogen and oxygen atoms in total. The van der Waals surface area contributed by atoms with Crippen LogP contribution >= 0.6 is 0 Å². The zero-order valence-corrected chi connectivity index (χ0v) is 13.5. The van der Waals surface area contributed by atoms with Crippen LogP contribution in [-0.4, -0.2) is 39.5 Å². The third-order valence-electron chi connectivity index (χ3n) is 4.06. The highest BCUT2D eigenvalue weighted by molar-refractivity contribution is 5.96. The highest BCUT2D eigenvalue weighted by Gasteiger charge is 2.34. The molecule has 1 fully saturated rings. The largest absolute Gasteiger partial charge is 0.480 e. The minimum atomic E-state index is -0.377. The van der Waals surface area contributed by atoms with Crippen molar-refractivity contribution in [2.75, 3.05) is 7.11 Å². The summed E-state index contributed by atoms with van der Waals surface area (Å²) in [6.07, 6.45) is 5.93. The fraction of sp³-hybridized carbons (Fsp3) is 0.375. The van der Waals surface area contributed by atoms with Gasteiger partial charge in [-0.25, -0.2) is 9.97 Å². The van der Waals surface area contributed by atoms with Gasteiger partial charge in [-0.05, 0) is 18.6 Å². The van der Waals surface area contributed by atoms with Crippen LogP contribution in [-0.2, 0) is 11.8 Å². The van der Waals surface area contributed by atoms with E-state index < -0.39 is 0 Å². The Bertz CT molecular complexity index is 758. The third kappa shape index (κ3) is 3.08. The zero-order chi connectivity index (χ0) is 17.1. The molecule has 2 aromatic rings. The van der Waals surface area contributed by atoms with Crippen LogP contribution in [0.25, 0.3) is 0 Å². The molecule has 0 spiro atoms. The summed E-state index contributed by atoms with van der Waals surface area (Å²) >= 11 is 0. The van der Waals surface area contributed by atoms with Crippen molar-refractivity contribution < 1.29 is 14.3 Å². The molecule has 2 atom stereocenters. The molecule has 2 aromatic heterocycles. The van der Waals surface area contributed by atoms with Crippen LogP contribution in [0.2, 0.25) is 0 Å². The molecule has 126 valence electrons. The number of hydrogen-bond acceptors (Lipinski definition) is 5. The number of carbonyl (C=O) groups is 2. The minimum Gasteiger partial charge on any atom is -0.480 e. The second-order valence-corrected chi connectivity index (χ2v) is 5.62. The molecule has 2 N–H and O–H groups in total. The second kappa shape index (κ2) is 6.69. The standard InChI is InChI=1S/C16H19N5O3/c1-21-9-8-17-14(21)13-11(5-6-12(22)20-13)19-15(23)10-4-3-7-18-16(10)24-2/h3-4,7-9,11,13H,5-6H2,1-2H3,(H,19,23)(H,20,22)/t11-,13-/m1/s1. The number of hydrogen-bond donors (Lipinski definition) is 2. The van der Waals surface area contributed by atoms with Crippen molar-refractivity contribution in [3.05, 3.63) is 42.1 Å². The van der Waals surface area contributed by atoms with E-state index in [4.69, 9.17) is 4.74 Å². The van der Waals surface area contributed by atoms with Crippen LogP contribution in [0, 0.1) is 0 Å². The minimum absolute atomic E-state index is 0.0487. The van der Waals surface area contributed by atoms with Crippen LogP contribution in [0.4, 0.5) is 0 Å². The summed E-state index contributed by atoms with van der Waals surface area (Å²) in [6, 6.07) is 2.69. The summed E-state index contributed by atoms with van der Waals surface area (Å²) < 4.78 is 6.97. The van der Waals surface area contributed by atoms with Crippen molar-refractivity contribution in [1.82, 2.24) is 25.2 Å². The van der Waals surface area contributed by atoms with E-state index in [1.807, 2.05) is 11.6 Å². The molecule has 3 rings (SSSR count). The Hall–Kier alpha value is -2.90. The fourth-order valence-corrected chi connectivity index (χ4v) is 2.85. The van der Waals surface area contributed by atoms with Crippen LogP contribution in [0.15, 0.2) is 30.7 Å². The summed E-state index contributed by atoms with van der Waals surface area (Å²) in [7, 11) is 3.32. The summed E-state index contributed by atoms with van der Waals surface area (Å²) in [4.78, 5) is 32.7. The topological polar surface area (TPSA) is 98.1 Å². The Morgan fingerprint density at radius 2 is 2.25 bits per heavy atom. The van der Waals surface area contributed by atoms with Gasteiger partial charge in [-0.15, -0.1) is 0 Å². The van der Waals surface area contributed by atoms with E-state index in [0.717, 1.165) is 0 Å². The van der Waals surface area contributed by atoms with Gasteiger partial charge in [0, 0.05) is 32.1 Å². The van der Waals surface area contributed by atoms with E-state index in [0.29, 0.717) is 24.2 Å². The Morgan fingerprint density at radius 1 is 1.42 bits per heavy atom. The van der Waals surface area contributed by atoms with Gasteiger partial charge in [0.25, 0.3) is 5.91 Å². The molecular formula is C16H19N5O3. The van der Waals surface area contributed by atoms with Crippen molar-refractivity contribution >= 4 is 11.8 Å². The maximum Gasteiger partial charge on any atom is 0.257 e. The molecule has 0 radical (unpaired) electrons. The number of carbonyl (C=O) groups excluding carboxylic acids is 2. The molecule has 1 saturated heterocycles. The highest BCUT2D eigenvalue weighted by atomic mass is 16.5. The average molecular weight is 329 g/mol. The first-order chi connectivity index (χ1) is 11.6. The number of pyridine rings is 1. The van der Waals surface area contributed by atoms with Crippen LogP contribution < -0.4 is 15.4 Å². The van der Waals surface area contributed by atoms with Crippen molar-refractivity contribution in [1.29, 1.82) is 0 Å².